The molecule has 0 saturated carbocycles. The van der Waals surface area contributed by atoms with Gasteiger partial charge in [-0.3, -0.25) is 0 Å². The van der Waals surface area contributed by atoms with E-state index in [-0.39, 0.29) is 0 Å². The van der Waals surface area contributed by atoms with E-state index in [0.29, 0.717) is 21.8 Å². The number of hydrogen-bond acceptors (Lipinski definition) is 3. The van der Waals surface area contributed by atoms with E-state index in [9.17, 15) is 14.8 Å². The van der Waals surface area contributed by atoms with Crippen molar-refractivity contribution in [1.29, 1.82) is 0 Å². The molecular formula is C23H27O3P. The molecule has 0 heterocycles. The zero-order valence-electron chi connectivity index (χ0n) is 15.8. The van der Waals surface area contributed by atoms with E-state index in [1.807, 2.05) is 60.7 Å². The Hall–Kier alpha value is -2.19. The minimum Gasteiger partial charge on any atom is -0.388 e. The molecule has 3 atom stereocenters. The molecule has 0 saturated heterocycles. The molecule has 0 aromatic heterocycles. The van der Waals surface area contributed by atoms with Gasteiger partial charge in [-0.15, -0.1) is 0 Å². The zero-order valence-corrected chi connectivity index (χ0v) is 16.7. The van der Waals surface area contributed by atoms with Crippen molar-refractivity contribution in [3.8, 4) is 0 Å². The summed E-state index contributed by atoms with van der Waals surface area (Å²) >= 11 is 0. The maximum Gasteiger partial charge on any atom is 0.152 e. The third-order valence-corrected chi connectivity index (χ3v) is 7.95. The monoisotopic (exact) mass is 382 g/mol. The SMILES string of the molecule is C=C(C)[C@@H](O)/C=C/[C@H]([C@@H](O)C(=C)C)P(=O)(c1ccccc1)c1ccccc1. The van der Waals surface area contributed by atoms with Gasteiger partial charge in [0.05, 0.1) is 17.9 Å². The summed E-state index contributed by atoms with van der Waals surface area (Å²) in [6.45, 7) is 11.0. The predicted molar refractivity (Wildman–Crippen MR) is 114 cm³/mol. The second-order valence-electron chi connectivity index (χ2n) is 6.79. The normalized spacial score (nSPS) is 15.3. The first-order valence-corrected chi connectivity index (χ1v) is 10.6. The molecule has 0 aliphatic rings. The average Bonchev–Trinajstić information content (AvgIpc) is 2.68. The molecule has 142 valence electrons. The molecule has 4 heteroatoms. The van der Waals surface area contributed by atoms with Crippen LogP contribution in [0.25, 0.3) is 0 Å². The number of hydrogen-bond donors (Lipinski definition) is 2. The lowest BCUT2D eigenvalue weighted by Crippen LogP contribution is -2.34. The lowest BCUT2D eigenvalue weighted by atomic mass is 10.1. The summed E-state index contributed by atoms with van der Waals surface area (Å²) in [6, 6.07) is 18.3. The van der Waals surface area contributed by atoms with E-state index in [1.54, 1.807) is 19.9 Å². The Morgan fingerprint density at radius 3 is 1.67 bits per heavy atom. The van der Waals surface area contributed by atoms with Gasteiger partial charge in [-0.1, -0.05) is 91.5 Å². The highest BCUT2D eigenvalue weighted by Gasteiger charge is 2.39. The Morgan fingerprint density at radius 1 is 0.852 bits per heavy atom. The van der Waals surface area contributed by atoms with Crippen molar-refractivity contribution in [1.82, 2.24) is 0 Å². The summed E-state index contributed by atoms with van der Waals surface area (Å²) in [5.41, 5.74) is 0.333. The molecule has 0 aliphatic heterocycles. The highest BCUT2D eigenvalue weighted by molar-refractivity contribution is 7.79. The van der Waals surface area contributed by atoms with Crippen molar-refractivity contribution in [2.75, 3.05) is 0 Å². The van der Waals surface area contributed by atoms with Gasteiger partial charge < -0.3 is 14.8 Å². The van der Waals surface area contributed by atoms with E-state index in [0.717, 1.165) is 0 Å². The summed E-state index contributed by atoms with van der Waals surface area (Å²) < 4.78 is 14.5. The molecule has 2 aromatic rings. The quantitative estimate of drug-likeness (QED) is 0.539. The van der Waals surface area contributed by atoms with Crippen molar-refractivity contribution in [2.24, 2.45) is 0 Å². The fraction of sp³-hybridized carbons (Fsp3) is 0.217. The Bertz CT molecular complexity index is 812. The summed E-state index contributed by atoms with van der Waals surface area (Å²) in [4.78, 5) is 0. The molecule has 0 aliphatic carbocycles. The van der Waals surface area contributed by atoms with Gasteiger partial charge in [-0.25, -0.2) is 0 Å². The van der Waals surface area contributed by atoms with Crippen LogP contribution in [0.2, 0.25) is 0 Å². The Balaban J connectivity index is 2.69. The van der Waals surface area contributed by atoms with Gasteiger partial charge in [0.15, 0.2) is 7.14 Å². The molecule has 3 nitrogen and oxygen atoms in total. The van der Waals surface area contributed by atoms with Crippen LogP contribution in [0.15, 0.2) is 97.1 Å². The molecule has 27 heavy (non-hydrogen) atoms. The molecular weight excluding hydrogens is 355 g/mol. The highest BCUT2D eigenvalue weighted by Crippen LogP contribution is 2.51. The standard InChI is InChI=1S/C23H27O3P/c1-17(2)21(24)15-16-22(23(25)18(3)4)27(26,19-11-7-5-8-12-19)20-13-9-6-10-14-20/h5-16,21-25H,1,3H2,2,4H3/b16-15+/t21-,22+,23-/m0/s1. The van der Waals surface area contributed by atoms with Gasteiger partial charge >= 0.3 is 0 Å². The summed E-state index contributed by atoms with van der Waals surface area (Å²) in [5, 5.41) is 22.3. The highest BCUT2D eigenvalue weighted by atomic mass is 31.2. The van der Waals surface area contributed by atoms with Gasteiger partial charge in [0.1, 0.15) is 0 Å². The number of aliphatic hydroxyl groups is 2. The van der Waals surface area contributed by atoms with E-state index >= 15 is 0 Å². The number of aliphatic hydroxyl groups excluding tert-OH is 2. The molecule has 0 radical (unpaired) electrons. The van der Waals surface area contributed by atoms with E-state index < -0.39 is 25.0 Å². The van der Waals surface area contributed by atoms with E-state index in [2.05, 4.69) is 13.2 Å². The molecule has 0 fully saturated rings. The lowest BCUT2D eigenvalue weighted by molar-refractivity contribution is 0.215. The Morgan fingerprint density at radius 2 is 1.30 bits per heavy atom. The Kier molecular flexibility index (Phi) is 7.15. The second kappa shape index (κ2) is 9.14. The predicted octanol–water partition coefficient (Wildman–Crippen LogP) is 3.80. The van der Waals surface area contributed by atoms with Crippen LogP contribution in [0, 0.1) is 0 Å². The van der Waals surface area contributed by atoms with Crippen LogP contribution in [-0.2, 0) is 4.57 Å². The van der Waals surface area contributed by atoms with Crippen LogP contribution >= 0.6 is 7.14 Å². The third-order valence-electron chi connectivity index (χ3n) is 4.52. The molecule has 0 spiro atoms. The first-order chi connectivity index (χ1) is 12.8. The zero-order chi connectivity index (χ0) is 20.0. The smallest absolute Gasteiger partial charge is 0.152 e. The van der Waals surface area contributed by atoms with Crippen LogP contribution in [-0.4, -0.2) is 28.1 Å². The molecule has 0 unspecified atom stereocenters. The van der Waals surface area contributed by atoms with Crippen LogP contribution in [0.1, 0.15) is 13.8 Å². The van der Waals surface area contributed by atoms with Crippen LogP contribution in [0.4, 0.5) is 0 Å². The minimum atomic E-state index is -3.27. The van der Waals surface area contributed by atoms with Gasteiger partial charge in [0, 0.05) is 10.6 Å². The molecule has 2 N–H and O–H groups in total. The summed E-state index contributed by atoms with van der Waals surface area (Å²) in [5.74, 6) is 0. The van der Waals surface area contributed by atoms with E-state index in [4.69, 9.17) is 0 Å². The lowest BCUT2D eigenvalue weighted by Gasteiger charge is -2.31. The molecule has 2 rings (SSSR count). The first-order valence-electron chi connectivity index (χ1n) is 8.84. The van der Waals surface area contributed by atoms with Crippen LogP contribution < -0.4 is 10.6 Å². The largest absolute Gasteiger partial charge is 0.388 e. The number of benzene rings is 2. The summed E-state index contributed by atoms with van der Waals surface area (Å²) in [6.07, 6.45) is 1.28. The van der Waals surface area contributed by atoms with Crippen molar-refractivity contribution < 1.29 is 14.8 Å². The van der Waals surface area contributed by atoms with Gasteiger partial charge in [0.2, 0.25) is 0 Å². The molecule has 0 amide bonds. The fourth-order valence-electron chi connectivity index (χ4n) is 2.89. The van der Waals surface area contributed by atoms with E-state index in [1.165, 1.54) is 6.08 Å². The minimum absolute atomic E-state index is 0.515. The second-order valence-corrected chi connectivity index (χ2v) is 9.73. The molecule has 2 aromatic carbocycles. The molecule has 0 bridgehead atoms. The maximum atomic E-state index is 14.5. The Labute approximate surface area is 161 Å². The van der Waals surface area contributed by atoms with Crippen LogP contribution in [0.5, 0.6) is 0 Å². The fourth-order valence-corrected chi connectivity index (χ4v) is 6.10. The van der Waals surface area contributed by atoms with Crippen molar-refractivity contribution in [3.63, 3.8) is 0 Å². The van der Waals surface area contributed by atoms with Crippen molar-refractivity contribution >= 4 is 17.8 Å². The van der Waals surface area contributed by atoms with Crippen molar-refractivity contribution in [2.45, 2.75) is 31.7 Å². The van der Waals surface area contributed by atoms with Crippen LogP contribution in [0.3, 0.4) is 0 Å². The van der Waals surface area contributed by atoms with Gasteiger partial charge in [-0.05, 0) is 19.4 Å². The topological polar surface area (TPSA) is 57.5 Å². The first kappa shape index (κ1) is 21.1. The van der Waals surface area contributed by atoms with Gasteiger partial charge in [0.25, 0.3) is 0 Å². The summed E-state index contributed by atoms with van der Waals surface area (Å²) in [7, 11) is -3.27. The maximum absolute atomic E-state index is 14.5. The average molecular weight is 382 g/mol. The van der Waals surface area contributed by atoms with Gasteiger partial charge in [-0.2, -0.15) is 0 Å². The van der Waals surface area contributed by atoms with Crippen molar-refractivity contribution in [3.05, 3.63) is 97.1 Å². The third kappa shape index (κ3) is 4.75. The number of rotatable bonds is 8.